The molecule has 0 fully saturated rings. The van der Waals surface area contributed by atoms with Gasteiger partial charge < -0.3 is 19.7 Å². The number of hydrogen-bond acceptors (Lipinski definition) is 7. The summed E-state index contributed by atoms with van der Waals surface area (Å²) in [6.45, 7) is 7.47. The van der Waals surface area contributed by atoms with E-state index in [2.05, 4.69) is 33.6 Å². The van der Waals surface area contributed by atoms with Gasteiger partial charge in [-0.25, -0.2) is 0 Å². The first-order chi connectivity index (χ1) is 11.3. The predicted octanol–water partition coefficient (Wildman–Crippen LogP) is 1.54. The van der Waals surface area contributed by atoms with Crippen LogP contribution in [0.4, 0.5) is 6.01 Å². The molecule has 2 aromatic rings. The number of aryl methyl sites for hydroxylation is 3. The molecule has 2 rings (SSSR count). The third-order valence-electron chi connectivity index (χ3n) is 2.84. The average Bonchev–Trinajstić information content (AvgIpc) is 3.00. The molecule has 0 aliphatic rings. The van der Waals surface area contributed by atoms with Gasteiger partial charge in [-0.05, 0) is 40.4 Å². The molecule has 0 saturated heterocycles. The van der Waals surface area contributed by atoms with Gasteiger partial charge in [0.05, 0.1) is 12.2 Å². The Morgan fingerprint density at radius 3 is 2.58 bits per heavy atom. The van der Waals surface area contributed by atoms with Crippen LogP contribution in [0.15, 0.2) is 10.5 Å². The number of aromatic nitrogens is 4. The lowest BCUT2D eigenvalue weighted by atomic mass is 10.4. The summed E-state index contributed by atoms with van der Waals surface area (Å²) in [4.78, 5) is 11.0. The van der Waals surface area contributed by atoms with Gasteiger partial charge in [-0.15, -0.1) is 5.10 Å². The lowest BCUT2D eigenvalue weighted by Crippen LogP contribution is -2.10. The topological polar surface area (TPSA) is 109 Å². The van der Waals surface area contributed by atoms with Crippen molar-refractivity contribution in [1.29, 1.82) is 0 Å². The Bertz CT molecular complexity index is 631. The lowest BCUT2D eigenvalue weighted by molar-refractivity contribution is -0.134. The van der Waals surface area contributed by atoms with Crippen LogP contribution in [-0.4, -0.2) is 56.6 Å². The Kier molecular flexibility index (Phi) is 7.90. The Morgan fingerprint density at radius 1 is 1.38 bits per heavy atom. The third kappa shape index (κ3) is 7.73. The molecule has 24 heavy (non-hydrogen) atoms. The lowest BCUT2D eigenvalue weighted by Gasteiger charge is -2.05. The fourth-order valence-electron chi connectivity index (χ4n) is 1.98. The maximum absolute atomic E-state index is 9.00. The zero-order valence-corrected chi connectivity index (χ0v) is 14.9. The van der Waals surface area contributed by atoms with Crippen LogP contribution in [0.5, 0.6) is 0 Å². The summed E-state index contributed by atoms with van der Waals surface area (Å²) >= 11 is 0. The first-order valence-electron chi connectivity index (χ1n) is 7.69. The molecule has 9 heteroatoms. The third-order valence-corrected chi connectivity index (χ3v) is 2.84. The van der Waals surface area contributed by atoms with E-state index >= 15 is 0 Å². The molecule has 0 radical (unpaired) electrons. The van der Waals surface area contributed by atoms with Crippen molar-refractivity contribution in [2.45, 2.75) is 40.3 Å². The maximum Gasteiger partial charge on any atom is 0.315 e. The van der Waals surface area contributed by atoms with Gasteiger partial charge in [0.1, 0.15) is 0 Å². The van der Waals surface area contributed by atoms with Gasteiger partial charge in [0.15, 0.2) is 0 Å². The second-order valence-corrected chi connectivity index (χ2v) is 5.69. The monoisotopic (exact) mass is 338 g/mol. The Morgan fingerprint density at radius 2 is 2.04 bits per heavy atom. The van der Waals surface area contributed by atoms with Crippen molar-refractivity contribution in [3.05, 3.63) is 23.3 Å². The van der Waals surface area contributed by atoms with Crippen LogP contribution in [0.25, 0.3) is 0 Å². The molecule has 0 unspecified atom stereocenters. The quantitative estimate of drug-likeness (QED) is 0.732. The largest absolute Gasteiger partial charge is 0.481 e. The SMILES string of the molecule is CC(=O)O.Cc1cc(C)n(CCCNc2nnc(CN(C)C)o2)n1. The first-order valence-corrected chi connectivity index (χ1v) is 7.69. The van der Waals surface area contributed by atoms with E-state index < -0.39 is 5.97 Å². The highest BCUT2D eigenvalue weighted by Gasteiger charge is 2.06. The molecule has 0 bridgehead atoms. The van der Waals surface area contributed by atoms with Crippen molar-refractivity contribution in [1.82, 2.24) is 24.9 Å². The fraction of sp³-hybridized carbons (Fsp3) is 0.600. The van der Waals surface area contributed by atoms with Crippen LogP contribution in [0, 0.1) is 13.8 Å². The Balaban J connectivity index is 0.000000648. The zero-order chi connectivity index (χ0) is 18.1. The molecule has 0 aliphatic carbocycles. The van der Waals surface area contributed by atoms with Crippen molar-refractivity contribution < 1.29 is 14.3 Å². The number of hydrogen-bond donors (Lipinski definition) is 2. The van der Waals surface area contributed by atoms with Gasteiger partial charge in [0.2, 0.25) is 5.89 Å². The smallest absolute Gasteiger partial charge is 0.315 e. The van der Waals surface area contributed by atoms with Gasteiger partial charge in [-0.3, -0.25) is 9.48 Å². The standard InChI is InChI=1S/C13H22N6O.C2H4O2/c1-10-8-11(2)19(17-10)7-5-6-14-13-16-15-12(20-13)9-18(3)4;1-2(3)4/h8H,5-7,9H2,1-4H3,(H,14,16);1H3,(H,3,4). The van der Waals surface area contributed by atoms with Crippen LogP contribution in [0.2, 0.25) is 0 Å². The molecule has 0 amide bonds. The molecule has 0 aliphatic heterocycles. The van der Waals surface area contributed by atoms with Gasteiger partial charge in [-0.1, -0.05) is 5.10 Å². The number of nitrogens with one attached hydrogen (secondary N) is 1. The molecular weight excluding hydrogens is 312 g/mol. The van der Waals surface area contributed by atoms with Crippen LogP contribution < -0.4 is 5.32 Å². The van der Waals surface area contributed by atoms with Gasteiger partial charge >= 0.3 is 6.01 Å². The van der Waals surface area contributed by atoms with E-state index in [1.54, 1.807) is 0 Å². The van der Waals surface area contributed by atoms with Gasteiger partial charge in [0, 0.05) is 25.7 Å². The van der Waals surface area contributed by atoms with Gasteiger partial charge in [-0.2, -0.15) is 5.10 Å². The second-order valence-electron chi connectivity index (χ2n) is 5.69. The molecule has 0 saturated carbocycles. The van der Waals surface area contributed by atoms with Crippen molar-refractivity contribution in [2.24, 2.45) is 0 Å². The van der Waals surface area contributed by atoms with E-state index in [1.165, 1.54) is 5.69 Å². The summed E-state index contributed by atoms with van der Waals surface area (Å²) in [6, 6.07) is 2.56. The highest BCUT2D eigenvalue weighted by Crippen LogP contribution is 2.07. The minimum absolute atomic E-state index is 0.482. The summed E-state index contributed by atoms with van der Waals surface area (Å²) in [5, 5.41) is 22.9. The molecule has 0 spiro atoms. The van der Waals surface area contributed by atoms with Crippen LogP contribution >= 0.6 is 0 Å². The zero-order valence-electron chi connectivity index (χ0n) is 14.9. The molecule has 2 N–H and O–H groups in total. The van der Waals surface area contributed by atoms with Crippen molar-refractivity contribution >= 4 is 12.0 Å². The fourth-order valence-corrected chi connectivity index (χ4v) is 1.98. The Hall–Kier alpha value is -2.42. The predicted molar refractivity (Wildman–Crippen MR) is 89.8 cm³/mol. The summed E-state index contributed by atoms with van der Waals surface area (Å²) in [5.74, 6) is -0.212. The molecule has 2 aromatic heterocycles. The van der Waals surface area contributed by atoms with Crippen LogP contribution in [0.3, 0.4) is 0 Å². The first kappa shape index (κ1) is 19.6. The van der Waals surface area contributed by atoms with Crippen molar-refractivity contribution in [3.63, 3.8) is 0 Å². The van der Waals surface area contributed by atoms with E-state index in [-0.39, 0.29) is 0 Å². The number of carboxylic acids is 1. The number of aliphatic carboxylic acids is 1. The minimum Gasteiger partial charge on any atom is -0.481 e. The van der Waals surface area contributed by atoms with Crippen molar-refractivity contribution in [2.75, 3.05) is 26.0 Å². The van der Waals surface area contributed by atoms with E-state index in [9.17, 15) is 0 Å². The molecule has 0 atom stereocenters. The van der Waals surface area contributed by atoms with E-state index in [0.29, 0.717) is 18.5 Å². The normalized spacial score (nSPS) is 10.4. The summed E-state index contributed by atoms with van der Waals surface area (Å²) in [6.07, 6.45) is 0.952. The number of rotatable bonds is 7. The molecule has 9 nitrogen and oxygen atoms in total. The molecule has 2 heterocycles. The number of nitrogens with zero attached hydrogens (tertiary/aromatic N) is 5. The minimum atomic E-state index is -0.833. The summed E-state index contributed by atoms with van der Waals surface area (Å²) in [7, 11) is 3.93. The van der Waals surface area contributed by atoms with Crippen LogP contribution in [-0.2, 0) is 17.9 Å². The Labute approximate surface area is 141 Å². The molecule has 134 valence electrons. The summed E-state index contributed by atoms with van der Waals surface area (Å²) < 4.78 is 7.49. The number of anilines is 1. The highest BCUT2D eigenvalue weighted by molar-refractivity contribution is 5.62. The van der Waals surface area contributed by atoms with E-state index in [1.807, 2.05) is 30.6 Å². The molecular formula is C15H26N6O3. The van der Waals surface area contributed by atoms with E-state index in [0.717, 1.165) is 32.1 Å². The highest BCUT2D eigenvalue weighted by atomic mass is 16.4. The second kappa shape index (κ2) is 9.66. The number of carbonyl (C=O) groups is 1. The summed E-state index contributed by atoms with van der Waals surface area (Å²) in [5.41, 5.74) is 2.24. The van der Waals surface area contributed by atoms with Gasteiger partial charge in [0.25, 0.3) is 5.97 Å². The number of carboxylic acid groups (broad SMARTS) is 1. The van der Waals surface area contributed by atoms with E-state index in [4.69, 9.17) is 14.3 Å². The van der Waals surface area contributed by atoms with Crippen LogP contribution in [0.1, 0.15) is 30.6 Å². The van der Waals surface area contributed by atoms with Crippen molar-refractivity contribution in [3.8, 4) is 0 Å². The maximum atomic E-state index is 9.00. The average molecular weight is 338 g/mol. The molecule has 0 aromatic carbocycles.